The zero-order chi connectivity index (χ0) is 14.8. The molecule has 108 valence electrons. The van der Waals surface area contributed by atoms with Crippen molar-refractivity contribution < 1.29 is 4.79 Å². The summed E-state index contributed by atoms with van der Waals surface area (Å²) in [5.41, 5.74) is 1.95. The van der Waals surface area contributed by atoms with Crippen LogP contribution in [0.4, 0.5) is 11.4 Å². The molecule has 2 aromatic rings. The van der Waals surface area contributed by atoms with Gasteiger partial charge < -0.3 is 10.6 Å². The molecule has 1 heterocycles. The number of nitrogens with zero attached hydrogens (tertiary/aromatic N) is 1. The number of nitrogens with one attached hydrogen (secondary N) is 2. The number of hydrogen-bond acceptors (Lipinski definition) is 3. The Morgan fingerprint density at radius 3 is 2.62 bits per heavy atom. The van der Waals surface area contributed by atoms with Crippen molar-refractivity contribution in [1.82, 2.24) is 4.98 Å². The van der Waals surface area contributed by atoms with Crippen LogP contribution in [0.25, 0.3) is 0 Å². The molecule has 0 unspecified atom stereocenters. The monoisotopic (exact) mass is 321 g/mol. The summed E-state index contributed by atoms with van der Waals surface area (Å²) in [5.74, 6) is -0.236. The number of aromatic nitrogens is 1. The van der Waals surface area contributed by atoms with Gasteiger partial charge in [-0.05, 0) is 37.1 Å². The number of carbonyl (C=O) groups is 1. The number of carbonyl (C=O) groups excluding carboxylic acids is 1. The molecule has 0 spiro atoms. The number of benzene rings is 1. The molecule has 1 aliphatic rings. The summed E-state index contributed by atoms with van der Waals surface area (Å²) >= 11 is 11.8. The zero-order valence-electron chi connectivity index (χ0n) is 11.1. The first kappa shape index (κ1) is 14.2. The van der Waals surface area contributed by atoms with Crippen LogP contribution < -0.4 is 10.6 Å². The van der Waals surface area contributed by atoms with E-state index in [1.54, 1.807) is 30.5 Å². The lowest BCUT2D eigenvalue weighted by Crippen LogP contribution is -2.13. The van der Waals surface area contributed by atoms with E-state index in [0.717, 1.165) is 5.69 Å². The number of pyridine rings is 1. The average molecular weight is 322 g/mol. The van der Waals surface area contributed by atoms with Crippen LogP contribution in [0.3, 0.4) is 0 Å². The highest BCUT2D eigenvalue weighted by molar-refractivity contribution is 6.42. The molecular formula is C15H13Cl2N3O. The van der Waals surface area contributed by atoms with Crippen LogP contribution in [0.1, 0.15) is 23.2 Å². The van der Waals surface area contributed by atoms with Crippen molar-refractivity contribution in [2.45, 2.75) is 18.9 Å². The van der Waals surface area contributed by atoms with Gasteiger partial charge in [0.15, 0.2) is 0 Å². The van der Waals surface area contributed by atoms with Gasteiger partial charge in [0.1, 0.15) is 0 Å². The fourth-order valence-electron chi connectivity index (χ4n) is 1.88. The van der Waals surface area contributed by atoms with Gasteiger partial charge in [0.25, 0.3) is 5.91 Å². The van der Waals surface area contributed by atoms with Crippen molar-refractivity contribution >= 4 is 40.5 Å². The Bertz CT molecular complexity index is 686. The third-order valence-corrected chi connectivity index (χ3v) is 3.87. The molecular weight excluding hydrogens is 309 g/mol. The van der Waals surface area contributed by atoms with E-state index in [1.807, 2.05) is 0 Å². The van der Waals surface area contributed by atoms with Crippen LogP contribution >= 0.6 is 23.2 Å². The summed E-state index contributed by atoms with van der Waals surface area (Å²) in [5, 5.41) is 6.93. The predicted molar refractivity (Wildman–Crippen MR) is 85.3 cm³/mol. The Hall–Kier alpha value is -1.78. The van der Waals surface area contributed by atoms with Gasteiger partial charge in [-0.3, -0.25) is 9.78 Å². The van der Waals surface area contributed by atoms with E-state index in [0.29, 0.717) is 27.3 Å². The Morgan fingerprint density at radius 2 is 1.90 bits per heavy atom. The number of rotatable bonds is 4. The molecule has 1 aliphatic carbocycles. The molecule has 0 radical (unpaired) electrons. The number of anilines is 2. The van der Waals surface area contributed by atoms with E-state index in [4.69, 9.17) is 23.2 Å². The molecule has 4 nitrogen and oxygen atoms in total. The predicted octanol–water partition coefficient (Wildman–Crippen LogP) is 4.22. The van der Waals surface area contributed by atoms with Crippen LogP contribution in [-0.2, 0) is 0 Å². The lowest BCUT2D eigenvalue weighted by Gasteiger charge is -2.08. The standard InChI is InChI=1S/C15H13Cl2N3O/c16-13-4-3-11(6-14(13)17)20-15(21)9-5-12(8-18-7-9)19-10-1-2-10/h3-8,10,19H,1-2H2,(H,20,21). The van der Waals surface area contributed by atoms with Gasteiger partial charge in [-0.1, -0.05) is 23.2 Å². The van der Waals surface area contributed by atoms with E-state index >= 15 is 0 Å². The van der Waals surface area contributed by atoms with E-state index < -0.39 is 0 Å². The highest BCUT2D eigenvalue weighted by Gasteiger charge is 2.21. The normalized spacial score (nSPS) is 13.8. The largest absolute Gasteiger partial charge is 0.381 e. The van der Waals surface area contributed by atoms with Crippen molar-refractivity contribution in [2.75, 3.05) is 10.6 Å². The van der Waals surface area contributed by atoms with Gasteiger partial charge in [0.2, 0.25) is 0 Å². The average Bonchev–Trinajstić information content (AvgIpc) is 3.27. The maximum Gasteiger partial charge on any atom is 0.257 e. The minimum Gasteiger partial charge on any atom is -0.381 e. The van der Waals surface area contributed by atoms with E-state index in [-0.39, 0.29) is 5.91 Å². The fourth-order valence-corrected chi connectivity index (χ4v) is 2.18. The number of halogens is 2. The molecule has 6 heteroatoms. The molecule has 0 atom stereocenters. The Kier molecular flexibility index (Phi) is 3.99. The van der Waals surface area contributed by atoms with Gasteiger partial charge >= 0.3 is 0 Å². The van der Waals surface area contributed by atoms with E-state index in [1.165, 1.54) is 19.0 Å². The second kappa shape index (κ2) is 5.92. The maximum absolute atomic E-state index is 12.2. The summed E-state index contributed by atoms with van der Waals surface area (Å²) < 4.78 is 0. The molecule has 2 N–H and O–H groups in total. The fraction of sp³-hybridized carbons (Fsp3) is 0.200. The van der Waals surface area contributed by atoms with Crippen molar-refractivity contribution in [3.63, 3.8) is 0 Å². The topological polar surface area (TPSA) is 54.0 Å². The first-order valence-electron chi connectivity index (χ1n) is 6.60. The third kappa shape index (κ3) is 3.65. The Balaban J connectivity index is 1.73. The van der Waals surface area contributed by atoms with Crippen LogP contribution in [-0.4, -0.2) is 16.9 Å². The van der Waals surface area contributed by atoms with Crippen molar-refractivity contribution in [3.05, 3.63) is 52.3 Å². The Labute approximate surface area is 132 Å². The second-order valence-corrected chi connectivity index (χ2v) is 5.78. The van der Waals surface area contributed by atoms with Gasteiger partial charge in [0, 0.05) is 24.1 Å². The van der Waals surface area contributed by atoms with Gasteiger partial charge in [-0.15, -0.1) is 0 Å². The van der Waals surface area contributed by atoms with E-state index in [9.17, 15) is 4.79 Å². The summed E-state index contributed by atoms with van der Waals surface area (Å²) in [4.78, 5) is 16.3. The van der Waals surface area contributed by atoms with Gasteiger partial charge in [-0.2, -0.15) is 0 Å². The molecule has 0 aliphatic heterocycles. The molecule has 0 saturated heterocycles. The van der Waals surface area contributed by atoms with Crippen LogP contribution in [0.5, 0.6) is 0 Å². The van der Waals surface area contributed by atoms with Gasteiger partial charge in [0.05, 0.1) is 21.3 Å². The van der Waals surface area contributed by atoms with Crippen LogP contribution in [0.2, 0.25) is 10.0 Å². The first-order valence-corrected chi connectivity index (χ1v) is 7.35. The molecule has 1 fully saturated rings. The van der Waals surface area contributed by atoms with Crippen LogP contribution in [0, 0.1) is 0 Å². The number of amides is 1. The molecule has 1 amide bonds. The summed E-state index contributed by atoms with van der Waals surface area (Å²) in [6.45, 7) is 0. The quantitative estimate of drug-likeness (QED) is 0.886. The summed E-state index contributed by atoms with van der Waals surface area (Å²) in [6, 6.07) is 7.26. The molecule has 21 heavy (non-hydrogen) atoms. The minimum atomic E-state index is -0.236. The zero-order valence-corrected chi connectivity index (χ0v) is 12.6. The smallest absolute Gasteiger partial charge is 0.257 e. The van der Waals surface area contributed by atoms with Gasteiger partial charge in [-0.25, -0.2) is 0 Å². The third-order valence-electron chi connectivity index (χ3n) is 3.13. The highest BCUT2D eigenvalue weighted by Crippen LogP contribution is 2.26. The lowest BCUT2D eigenvalue weighted by molar-refractivity contribution is 0.102. The molecule has 0 bridgehead atoms. The van der Waals surface area contributed by atoms with Crippen molar-refractivity contribution in [2.24, 2.45) is 0 Å². The molecule has 1 aromatic heterocycles. The van der Waals surface area contributed by atoms with E-state index in [2.05, 4.69) is 15.6 Å². The Morgan fingerprint density at radius 1 is 1.10 bits per heavy atom. The molecule has 3 rings (SSSR count). The van der Waals surface area contributed by atoms with Crippen molar-refractivity contribution in [1.29, 1.82) is 0 Å². The van der Waals surface area contributed by atoms with Crippen LogP contribution in [0.15, 0.2) is 36.7 Å². The minimum absolute atomic E-state index is 0.236. The first-order chi connectivity index (χ1) is 10.1. The molecule has 1 saturated carbocycles. The number of hydrogen-bond donors (Lipinski definition) is 2. The molecule has 1 aromatic carbocycles. The summed E-state index contributed by atoms with van der Waals surface area (Å²) in [7, 11) is 0. The SMILES string of the molecule is O=C(Nc1ccc(Cl)c(Cl)c1)c1cncc(NC2CC2)c1. The van der Waals surface area contributed by atoms with Crippen molar-refractivity contribution in [3.8, 4) is 0 Å². The maximum atomic E-state index is 12.2. The lowest BCUT2D eigenvalue weighted by atomic mass is 10.2. The second-order valence-electron chi connectivity index (χ2n) is 4.96. The summed E-state index contributed by atoms with van der Waals surface area (Å²) in [6.07, 6.45) is 5.58. The highest BCUT2D eigenvalue weighted by atomic mass is 35.5.